The number of nitrogens with zero attached hydrogens (tertiary/aromatic N) is 2. The minimum atomic E-state index is 0.270. The van der Waals surface area contributed by atoms with Crippen molar-refractivity contribution in [3.05, 3.63) is 55.8 Å². The smallest absolute Gasteiger partial charge is 0.199 e. The predicted molar refractivity (Wildman–Crippen MR) is 90.6 cm³/mol. The van der Waals surface area contributed by atoms with E-state index in [9.17, 15) is 0 Å². The molecule has 1 aromatic carbocycles. The molecule has 0 spiro atoms. The van der Waals surface area contributed by atoms with Crippen molar-refractivity contribution in [2.75, 3.05) is 0 Å². The summed E-state index contributed by atoms with van der Waals surface area (Å²) in [7, 11) is 0. The summed E-state index contributed by atoms with van der Waals surface area (Å²) in [4.78, 5) is 8.55. The molecule has 106 valence electrons. The number of aromatic nitrogens is 2. The molecule has 0 aliphatic rings. The highest BCUT2D eigenvalue weighted by Crippen LogP contribution is 2.36. The first-order chi connectivity index (χ1) is 10.1. The van der Waals surface area contributed by atoms with E-state index in [0.717, 1.165) is 14.5 Å². The van der Waals surface area contributed by atoms with Crippen LogP contribution in [0.1, 0.15) is 0 Å². The molecule has 0 aliphatic heterocycles. The van der Waals surface area contributed by atoms with Gasteiger partial charge in [0.1, 0.15) is 10.3 Å². The van der Waals surface area contributed by atoms with Crippen molar-refractivity contribution < 1.29 is 4.42 Å². The largest absolute Gasteiger partial charge is 0.460 e. The Morgan fingerprint density at radius 1 is 1.00 bits per heavy atom. The van der Waals surface area contributed by atoms with E-state index >= 15 is 0 Å². The van der Waals surface area contributed by atoms with Crippen molar-refractivity contribution in [2.24, 2.45) is 0 Å². The molecule has 0 saturated heterocycles. The van der Waals surface area contributed by atoms with E-state index in [1.807, 2.05) is 24.3 Å². The van der Waals surface area contributed by atoms with Gasteiger partial charge in [0.2, 0.25) is 0 Å². The second-order valence-corrected chi connectivity index (χ2v) is 6.60. The van der Waals surface area contributed by atoms with Crippen molar-refractivity contribution in [3.63, 3.8) is 0 Å². The van der Waals surface area contributed by atoms with Crippen LogP contribution in [0, 0.1) is 0 Å². The second kappa shape index (κ2) is 6.08. The van der Waals surface area contributed by atoms with Crippen molar-refractivity contribution in [2.45, 2.75) is 0 Å². The van der Waals surface area contributed by atoms with E-state index < -0.39 is 0 Å². The summed E-state index contributed by atoms with van der Waals surface area (Å²) in [6, 6.07) is 9.36. The Morgan fingerprint density at radius 3 is 2.29 bits per heavy atom. The average molecular weight is 449 g/mol. The highest BCUT2D eigenvalue weighted by atomic mass is 79.9. The third-order valence-corrected chi connectivity index (χ3v) is 4.42. The van der Waals surface area contributed by atoms with Crippen LogP contribution in [-0.2, 0) is 0 Å². The summed E-state index contributed by atoms with van der Waals surface area (Å²) in [5.41, 5.74) is 1.43. The Hall–Kier alpha value is -0.880. The lowest BCUT2D eigenvalue weighted by Crippen LogP contribution is -1.94. The van der Waals surface area contributed by atoms with Gasteiger partial charge in [-0.05, 0) is 39.7 Å². The lowest BCUT2D eigenvalue weighted by Gasteiger charge is -2.08. The lowest BCUT2D eigenvalue weighted by atomic mass is 10.1. The molecule has 0 saturated carbocycles. The minimum Gasteiger partial charge on any atom is -0.460 e. The van der Waals surface area contributed by atoms with Crippen LogP contribution in [0.5, 0.6) is 0 Å². The van der Waals surface area contributed by atoms with Crippen LogP contribution in [0.2, 0.25) is 10.3 Å². The van der Waals surface area contributed by atoms with E-state index in [0.29, 0.717) is 17.1 Å². The quantitative estimate of drug-likeness (QED) is 0.436. The summed E-state index contributed by atoms with van der Waals surface area (Å²) in [5.74, 6) is 0.820. The third-order valence-electron chi connectivity index (χ3n) is 2.75. The van der Waals surface area contributed by atoms with Crippen molar-refractivity contribution in [3.8, 4) is 22.7 Å². The van der Waals surface area contributed by atoms with Crippen molar-refractivity contribution in [1.82, 2.24) is 9.97 Å². The third kappa shape index (κ3) is 3.01. The standard InChI is InChI=1S/C14H6Br2Cl2N2O/c15-8-3-1-2-7(6-8)10-12(17)19-14(20-13(10)18)11-9(16)4-5-21-11/h1-6H. The SMILES string of the molecule is Clc1nc(-c2occc2Br)nc(Cl)c1-c1cccc(Br)c1. The van der Waals surface area contributed by atoms with Gasteiger partial charge in [0.15, 0.2) is 11.6 Å². The van der Waals surface area contributed by atoms with Crippen LogP contribution in [0.15, 0.2) is 50.0 Å². The molecule has 0 bridgehead atoms. The molecule has 21 heavy (non-hydrogen) atoms. The van der Waals surface area contributed by atoms with E-state index in [1.165, 1.54) is 6.26 Å². The highest BCUT2D eigenvalue weighted by Gasteiger charge is 2.17. The fourth-order valence-corrected chi connectivity index (χ4v) is 3.23. The lowest BCUT2D eigenvalue weighted by molar-refractivity contribution is 0.576. The number of rotatable bonds is 2. The van der Waals surface area contributed by atoms with Crippen LogP contribution in [0.4, 0.5) is 0 Å². The second-order valence-electron chi connectivity index (χ2n) is 4.11. The molecule has 3 rings (SSSR count). The van der Waals surface area contributed by atoms with Crippen LogP contribution in [0.25, 0.3) is 22.7 Å². The first-order valence-corrected chi connectivity index (χ1v) is 8.13. The predicted octanol–water partition coefficient (Wildman–Crippen LogP) is 6.24. The topological polar surface area (TPSA) is 38.9 Å². The number of benzene rings is 1. The molecule has 0 unspecified atom stereocenters. The Labute approximate surface area is 147 Å². The van der Waals surface area contributed by atoms with E-state index in [1.54, 1.807) is 6.07 Å². The summed E-state index contributed by atoms with van der Waals surface area (Å²) in [6.07, 6.45) is 1.53. The number of halogens is 4. The Bertz CT molecular complexity index is 797. The number of hydrogen-bond donors (Lipinski definition) is 0. The van der Waals surface area contributed by atoms with Gasteiger partial charge < -0.3 is 4.42 Å². The Morgan fingerprint density at radius 2 is 1.71 bits per heavy atom. The van der Waals surface area contributed by atoms with Gasteiger partial charge in [-0.25, -0.2) is 9.97 Å². The summed E-state index contributed by atoms with van der Waals surface area (Å²) in [6.45, 7) is 0. The van der Waals surface area contributed by atoms with Gasteiger partial charge in [0, 0.05) is 4.47 Å². The van der Waals surface area contributed by atoms with Crippen LogP contribution < -0.4 is 0 Å². The maximum Gasteiger partial charge on any atom is 0.199 e. The normalized spacial score (nSPS) is 10.9. The summed E-state index contributed by atoms with van der Waals surface area (Å²) < 4.78 is 6.99. The molecule has 2 aromatic heterocycles. The zero-order chi connectivity index (χ0) is 15.0. The maximum absolute atomic E-state index is 6.28. The van der Waals surface area contributed by atoms with E-state index in [4.69, 9.17) is 27.6 Å². The van der Waals surface area contributed by atoms with Gasteiger partial charge in [-0.2, -0.15) is 0 Å². The summed E-state index contributed by atoms with van der Waals surface area (Å²) in [5, 5.41) is 0.540. The molecule has 2 heterocycles. The van der Waals surface area contributed by atoms with E-state index in [-0.39, 0.29) is 10.3 Å². The molecule has 0 fully saturated rings. The highest BCUT2D eigenvalue weighted by molar-refractivity contribution is 9.10. The monoisotopic (exact) mass is 446 g/mol. The van der Waals surface area contributed by atoms with Crippen molar-refractivity contribution >= 4 is 55.1 Å². The molecule has 3 nitrogen and oxygen atoms in total. The van der Waals surface area contributed by atoms with Gasteiger partial charge in [0.05, 0.1) is 16.3 Å². The molecule has 0 N–H and O–H groups in total. The van der Waals surface area contributed by atoms with Gasteiger partial charge in [-0.3, -0.25) is 0 Å². The molecule has 0 radical (unpaired) electrons. The summed E-state index contributed by atoms with van der Waals surface area (Å²) >= 11 is 19.3. The first-order valence-electron chi connectivity index (χ1n) is 5.78. The zero-order valence-corrected chi connectivity index (χ0v) is 15.0. The molecular formula is C14H6Br2Cl2N2O. The van der Waals surface area contributed by atoms with Gasteiger partial charge in [-0.1, -0.05) is 51.3 Å². The van der Waals surface area contributed by atoms with Crippen LogP contribution in [-0.4, -0.2) is 9.97 Å². The Balaban J connectivity index is 2.15. The van der Waals surface area contributed by atoms with E-state index in [2.05, 4.69) is 41.8 Å². The molecule has 0 atom stereocenters. The molecular weight excluding hydrogens is 443 g/mol. The molecule has 0 aliphatic carbocycles. The number of hydrogen-bond acceptors (Lipinski definition) is 3. The fraction of sp³-hybridized carbons (Fsp3) is 0. The van der Waals surface area contributed by atoms with Crippen LogP contribution >= 0.6 is 55.1 Å². The van der Waals surface area contributed by atoms with Crippen molar-refractivity contribution in [1.29, 1.82) is 0 Å². The molecule has 3 aromatic rings. The molecule has 7 heteroatoms. The van der Waals surface area contributed by atoms with Crippen LogP contribution in [0.3, 0.4) is 0 Å². The zero-order valence-electron chi connectivity index (χ0n) is 10.3. The molecule has 0 amide bonds. The average Bonchev–Trinajstić information content (AvgIpc) is 2.84. The fourth-order valence-electron chi connectivity index (χ4n) is 1.84. The van der Waals surface area contributed by atoms with Gasteiger partial charge in [-0.15, -0.1) is 0 Å². The van der Waals surface area contributed by atoms with Gasteiger partial charge >= 0.3 is 0 Å². The maximum atomic E-state index is 6.28. The first kappa shape index (κ1) is 15.0. The number of furan rings is 1. The Kier molecular flexibility index (Phi) is 4.36. The minimum absolute atomic E-state index is 0.270. The van der Waals surface area contributed by atoms with Gasteiger partial charge in [0.25, 0.3) is 0 Å².